The highest BCUT2D eigenvalue weighted by atomic mass is 19.1. The first-order valence-electron chi connectivity index (χ1n) is 6.00. The Kier molecular flexibility index (Phi) is 3.75. The molecule has 1 aliphatic carbocycles. The summed E-state index contributed by atoms with van der Waals surface area (Å²) in [5.41, 5.74) is 0.186. The van der Waals surface area contributed by atoms with Crippen LogP contribution in [0.25, 0.3) is 6.08 Å². The van der Waals surface area contributed by atoms with Gasteiger partial charge in [-0.3, -0.25) is 4.79 Å². The van der Waals surface area contributed by atoms with Gasteiger partial charge in [-0.1, -0.05) is 12.7 Å². The normalized spacial score (nSPS) is 15.0. The molecule has 1 saturated carbocycles. The molecule has 0 unspecified atom stereocenters. The topological polar surface area (TPSA) is 29.1 Å². The first kappa shape index (κ1) is 12.7. The fraction of sp³-hybridized carbons (Fsp3) is 0.357. The fourth-order valence-corrected chi connectivity index (χ4v) is 1.90. The summed E-state index contributed by atoms with van der Waals surface area (Å²) in [5.74, 6) is -1.39. The summed E-state index contributed by atoms with van der Waals surface area (Å²) < 4.78 is 27.1. The summed E-state index contributed by atoms with van der Waals surface area (Å²) in [7, 11) is 0. The third-order valence-corrected chi connectivity index (χ3v) is 3.21. The summed E-state index contributed by atoms with van der Waals surface area (Å²) in [6.45, 7) is 3.40. The lowest BCUT2D eigenvalue weighted by Crippen LogP contribution is -2.40. The van der Waals surface area contributed by atoms with Crippen molar-refractivity contribution >= 4 is 12.0 Å². The molecular weight excluding hydrogens is 236 g/mol. The summed E-state index contributed by atoms with van der Waals surface area (Å²) in [4.78, 5) is 11.6. The number of carbonyl (C=O) groups is 1. The predicted octanol–water partition coefficient (Wildman–Crippen LogP) is 2.82. The van der Waals surface area contributed by atoms with E-state index in [1.807, 2.05) is 0 Å². The van der Waals surface area contributed by atoms with Gasteiger partial charge in [0.05, 0.1) is 6.42 Å². The van der Waals surface area contributed by atoms with Gasteiger partial charge in [-0.2, -0.15) is 0 Å². The highest BCUT2D eigenvalue weighted by Gasteiger charge is 2.20. The number of hydrogen-bond donors (Lipinski definition) is 1. The third kappa shape index (κ3) is 2.75. The Morgan fingerprint density at radius 2 is 2.11 bits per heavy atom. The minimum Gasteiger partial charge on any atom is -0.353 e. The van der Waals surface area contributed by atoms with Crippen LogP contribution in [-0.2, 0) is 11.2 Å². The lowest BCUT2D eigenvalue weighted by atomic mass is 9.93. The quantitative estimate of drug-likeness (QED) is 0.876. The van der Waals surface area contributed by atoms with Crippen molar-refractivity contribution in [2.24, 2.45) is 0 Å². The Morgan fingerprint density at radius 3 is 2.67 bits per heavy atom. The van der Waals surface area contributed by atoms with Crippen LogP contribution in [0.1, 0.15) is 30.4 Å². The van der Waals surface area contributed by atoms with Gasteiger partial charge in [0.15, 0.2) is 0 Å². The van der Waals surface area contributed by atoms with Crippen LogP contribution in [0.4, 0.5) is 8.78 Å². The van der Waals surface area contributed by atoms with Crippen molar-refractivity contribution in [3.05, 3.63) is 41.5 Å². The zero-order valence-electron chi connectivity index (χ0n) is 10.0. The highest BCUT2D eigenvalue weighted by molar-refractivity contribution is 5.79. The molecule has 4 heteroatoms. The second-order valence-electron chi connectivity index (χ2n) is 4.54. The number of carbonyl (C=O) groups excluding carboxylic acids is 1. The van der Waals surface area contributed by atoms with Crippen molar-refractivity contribution in [1.29, 1.82) is 0 Å². The van der Waals surface area contributed by atoms with Gasteiger partial charge in [0.1, 0.15) is 11.6 Å². The van der Waals surface area contributed by atoms with Crippen LogP contribution < -0.4 is 5.32 Å². The zero-order chi connectivity index (χ0) is 13.1. The van der Waals surface area contributed by atoms with Crippen LogP contribution in [0, 0.1) is 11.6 Å². The standard InChI is InChI=1S/C14H15F2NO/c1-2-9-6-13(16)10(7-12(9)15)8-14(18)17-11-4-3-5-11/h2,6-7,11H,1,3-5,8H2,(H,17,18). The van der Waals surface area contributed by atoms with E-state index < -0.39 is 11.6 Å². The largest absolute Gasteiger partial charge is 0.353 e. The van der Waals surface area contributed by atoms with Crippen molar-refractivity contribution < 1.29 is 13.6 Å². The van der Waals surface area contributed by atoms with Gasteiger partial charge in [0.2, 0.25) is 5.91 Å². The highest BCUT2D eigenvalue weighted by Crippen LogP contribution is 2.19. The van der Waals surface area contributed by atoms with Gasteiger partial charge >= 0.3 is 0 Å². The van der Waals surface area contributed by atoms with Gasteiger partial charge in [-0.25, -0.2) is 8.78 Å². The number of amides is 1. The van der Waals surface area contributed by atoms with Crippen molar-refractivity contribution in [2.45, 2.75) is 31.7 Å². The number of nitrogens with one attached hydrogen (secondary N) is 1. The molecule has 1 amide bonds. The molecule has 0 spiro atoms. The molecule has 0 bridgehead atoms. The smallest absolute Gasteiger partial charge is 0.224 e. The van der Waals surface area contributed by atoms with E-state index in [1.165, 1.54) is 6.08 Å². The van der Waals surface area contributed by atoms with Crippen LogP contribution in [0.3, 0.4) is 0 Å². The fourth-order valence-electron chi connectivity index (χ4n) is 1.90. The van der Waals surface area contributed by atoms with Gasteiger partial charge in [-0.15, -0.1) is 0 Å². The summed E-state index contributed by atoms with van der Waals surface area (Å²) in [6, 6.07) is 2.33. The molecule has 0 atom stereocenters. The molecule has 96 valence electrons. The number of hydrogen-bond acceptors (Lipinski definition) is 1. The molecule has 1 N–H and O–H groups in total. The molecular formula is C14H15F2NO. The predicted molar refractivity (Wildman–Crippen MR) is 65.9 cm³/mol. The monoisotopic (exact) mass is 251 g/mol. The molecule has 0 aliphatic heterocycles. The number of halogens is 2. The Bertz CT molecular complexity index is 481. The van der Waals surface area contributed by atoms with Crippen molar-refractivity contribution in [1.82, 2.24) is 5.32 Å². The molecule has 2 rings (SSSR count). The summed E-state index contributed by atoms with van der Waals surface area (Å²) >= 11 is 0. The maximum Gasteiger partial charge on any atom is 0.224 e. The van der Waals surface area contributed by atoms with Crippen LogP contribution in [0.15, 0.2) is 18.7 Å². The zero-order valence-corrected chi connectivity index (χ0v) is 10.0. The van der Waals surface area contributed by atoms with E-state index in [-0.39, 0.29) is 29.5 Å². The van der Waals surface area contributed by atoms with Gasteiger partial charge in [-0.05, 0) is 31.4 Å². The number of rotatable bonds is 4. The third-order valence-electron chi connectivity index (χ3n) is 3.21. The van der Waals surface area contributed by atoms with E-state index in [9.17, 15) is 13.6 Å². The van der Waals surface area contributed by atoms with E-state index in [2.05, 4.69) is 11.9 Å². The van der Waals surface area contributed by atoms with Gasteiger partial charge in [0.25, 0.3) is 0 Å². The van der Waals surface area contributed by atoms with E-state index in [1.54, 1.807) is 0 Å². The molecule has 0 radical (unpaired) electrons. The average Bonchev–Trinajstić information content (AvgIpc) is 2.28. The molecule has 2 nitrogen and oxygen atoms in total. The molecule has 1 aliphatic rings. The van der Waals surface area contributed by atoms with Crippen LogP contribution in [-0.4, -0.2) is 11.9 Å². The first-order chi connectivity index (χ1) is 8.60. The molecule has 0 saturated heterocycles. The van der Waals surface area contributed by atoms with Crippen LogP contribution in [0.5, 0.6) is 0 Å². The van der Waals surface area contributed by atoms with Crippen molar-refractivity contribution in [3.63, 3.8) is 0 Å². The Hall–Kier alpha value is -1.71. The van der Waals surface area contributed by atoms with E-state index >= 15 is 0 Å². The SMILES string of the molecule is C=Cc1cc(F)c(CC(=O)NC2CCC2)cc1F. The molecule has 18 heavy (non-hydrogen) atoms. The van der Waals surface area contributed by atoms with E-state index in [0.717, 1.165) is 31.4 Å². The lowest BCUT2D eigenvalue weighted by molar-refractivity contribution is -0.121. The second kappa shape index (κ2) is 5.29. The van der Waals surface area contributed by atoms with Crippen LogP contribution in [0.2, 0.25) is 0 Å². The number of benzene rings is 1. The Balaban J connectivity index is 2.06. The molecule has 1 aromatic rings. The van der Waals surface area contributed by atoms with Crippen molar-refractivity contribution in [2.75, 3.05) is 0 Å². The van der Waals surface area contributed by atoms with Gasteiger partial charge < -0.3 is 5.32 Å². The van der Waals surface area contributed by atoms with Crippen molar-refractivity contribution in [3.8, 4) is 0 Å². The Labute approximate surface area is 105 Å². The van der Waals surface area contributed by atoms with Crippen LogP contribution >= 0.6 is 0 Å². The molecule has 1 aromatic carbocycles. The first-order valence-corrected chi connectivity index (χ1v) is 6.00. The molecule has 0 aromatic heterocycles. The maximum atomic E-state index is 13.6. The summed E-state index contributed by atoms with van der Waals surface area (Å²) in [6.07, 6.45) is 4.17. The summed E-state index contributed by atoms with van der Waals surface area (Å²) in [5, 5.41) is 2.79. The minimum absolute atomic E-state index is 0.0786. The lowest BCUT2D eigenvalue weighted by Gasteiger charge is -2.26. The van der Waals surface area contributed by atoms with Gasteiger partial charge in [0, 0.05) is 17.2 Å². The molecule has 0 heterocycles. The molecule has 1 fully saturated rings. The minimum atomic E-state index is -0.574. The Morgan fingerprint density at radius 1 is 1.39 bits per heavy atom. The maximum absolute atomic E-state index is 13.6. The van der Waals surface area contributed by atoms with E-state index in [4.69, 9.17) is 0 Å². The second-order valence-corrected chi connectivity index (χ2v) is 4.54. The van der Waals surface area contributed by atoms with E-state index in [0.29, 0.717) is 0 Å². The average molecular weight is 251 g/mol.